The molecule has 0 atom stereocenters. The van der Waals surface area contributed by atoms with E-state index in [2.05, 4.69) is 48.2 Å². The van der Waals surface area contributed by atoms with E-state index in [0.717, 1.165) is 25.9 Å². The molecule has 3 nitrogen and oxygen atoms in total. The summed E-state index contributed by atoms with van der Waals surface area (Å²) in [5, 5.41) is 3.29. The second-order valence-electron chi connectivity index (χ2n) is 4.95. The molecule has 1 fully saturated rings. The molecule has 1 aliphatic heterocycles. The van der Waals surface area contributed by atoms with Gasteiger partial charge >= 0.3 is 0 Å². The van der Waals surface area contributed by atoms with Gasteiger partial charge in [-0.25, -0.2) is 0 Å². The minimum atomic E-state index is 1.06. The highest BCUT2D eigenvalue weighted by atomic mass is 15.2. The van der Waals surface area contributed by atoms with Crippen LogP contribution < -0.4 is 5.32 Å². The van der Waals surface area contributed by atoms with Crippen LogP contribution in [0.25, 0.3) is 0 Å². The summed E-state index contributed by atoms with van der Waals surface area (Å²) >= 11 is 0. The van der Waals surface area contributed by atoms with Gasteiger partial charge < -0.3 is 15.1 Å². The summed E-state index contributed by atoms with van der Waals surface area (Å²) in [5.74, 6) is 0. The van der Waals surface area contributed by atoms with Gasteiger partial charge in [-0.3, -0.25) is 0 Å². The Balaban J connectivity index is 2.78. The minimum absolute atomic E-state index is 1.06. The third kappa shape index (κ3) is 4.73. The van der Waals surface area contributed by atoms with Gasteiger partial charge in [-0.2, -0.15) is 0 Å². The van der Waals surface area contributed by atoms with Crippen LogP contribution in [0.1, 0.15) is 33.1 Å². The van der Waals surface area contributed by atoms with Crippen molar-refractivity contribution in [1.29, 1.82) is 0 Å². The molecule has 18 heavy (non-hydrogen) atoms. The number of hydrogen-bond acceptors (Lipinski definition) is 3. The fourth-order valence-corrected chi connectivity index (χ4v) is 2.32. The van der Waals surface area contributed by atoms with E-state index in [1.54, 1.807) is 0 Å². The van der Waals surface area contributed by atoms with Crippen LogP contribution in [-0.2, 0) is 0 Å². The first kappa shape index (κ1) is 15.1. The number of likely N-dealkylation sites (N-methyl/N-ethyl adjacent to an activating group) is 1. The minimum Gasteiger partial charge on any atom is -0.391 e. The monoisotopic (exact) mass is 251 g/mol. The molecule has 104 valence electrons. The topological polar surface area (TPSA) is 18.5 Å². The summed E-state index contributed by atoms with van der Waals surface area (Å²) in [6, 6.07) is 0. The Kier molecular flexibility index (Phi) is 6.88. The molecular weight excluding hydrogens is 222 g/mol. The first-order chi connectivity index (χ1) is 8.71. The summed E-state index contributed by atoms with van der Waals surface area (Å²) in [6.45, 7) is 9.10. The summed E-state index contributed by atoms with van der Waals surface area (Å²) in [4.78, 5) is 4.95. The van der Waals surface area contributed by atoms with Crippen LogP contribution >= 0.6 is 0 Å². The molecule has 0 aliphatic carbocycles. The molecule has 0 aromatic carbocycles. The van der Waals surface area contributed by atoms with Crippen molar-refractivity contribution in [3.8, 4) is 0 Å². The van der Waals surface area contributed by atoms with Crippen LogP contribution in [0.15, 0.2) is 23.5 Å². The number of nitrogens with zero attached hydrogens (tertiary/aromatic N) is 2. The maximum atomic E-state index is 3.29. The molecule has 0 aromatic heterocycles. The Morgan fingerprint density at radius 2 is 1.94 bits per heavy atom. The van der Waals surface area contributed by atoms with Gasteiger partial charge in [0.15, 0.2) is 0 Å². The number of nitrogens with one attached hydrogen (secondary N) is 1. The zero-order chi connectivity index (χ0) is 13.4. The number of rotatable bonds is 5. The summed E-state index contributed by atoms with van der Waals surface area (Å²) in [6.07, 6.45) is 8.07. The van der Waals surface area contributed by atoms with Gasteiger partial charge in [0.25, 0.3) is 0 Å². The maximum Gasteiger partial charge on any atom is 0.0343 e. The van der Waals surface area contributed by atoms with Gasteiger partial charge in [0.1, 0.15) is 0 Å². The highest BCUT2D eigenvalue weighted by molar-refractivity contribution is 5.22. The van der Waals surface area contributed by atoms with Gasteiger partial charge in [0.2, 0.25) is 0 Å². The van der Waals surface area contributed by atoms with Crippen LogP contribution in [0.5, 0.6) is 0 Å². The predicted molar refractivity (Wildman–Crippen MR) is 79.5 cm³/mol. The van der Waals surface area contributed by atoms with E-state index in [1.807, 2.05) is 7.05 Å². The molecule has 0 bridgehead atoms. The van der Waals surface area contributed by atoms with Crippen LogP contribution in [-0.4, -0.2) is 50.1 Å². The average molecular weight is 251 g/mol. The third-order valence-corrected chi connectivity index (χ3v) is 3.52. The first-order valence-electron chi connectivity index (χ1n) is 7.23. The van der Waals surface area contributed by atoms with Crippen molar-refractivity contribution < 1.29 is 0 Å². The van der Waals surface area contributed by atoms with E-state index in [1.165, 1.54) is 30.9 Å². The smallest absolute Gasteiger partial charge is 0.0343 e. The van der Waals surface area contributed by atoms with Crippen molar-refractivity contribution in [3.63, 3.8) is 0 Å². The number of allylic oxidation sites excluding steroid dienone is 3. The van der Waals surface area contributed by atoms with Gasteiger partial charge in [-0.15, -0.1) is 0 Å². The van der Waals surface area contributed by atoms with Crippen molar-refractivity contribution in [2.75, 3.05) is 40.3 Å². The quantitative estimate of drug-likeness (QED) is 0.757. The maximum absolute atomic E-state index is 3.29. The Morgan fingerprint density at radius 3 is 2.56 bits per heavy atom. The van der Waals surface area contributed by atoms with Crippen molar-refractivity contribution in [2.45, 2.75) is 33.1 Å². The fourth-order valence-electron chi connectivity index (χ4n) is 2.32. The molecular formula is C15H29N3. The molecule has 3 heteroatoms. The lowest BCUT2D eigenvalue weighted by Crippen LogP contribution is -2.28. The molecule has 1 N–H and O–H groups in total. The normalized spacial score (nSPS) is 19.9. The largest absolute Gasteiger partial charge is 0.391 e. The predicted octanol–water partition coefficient (Wildman–Crippen LogP) is 2.43. The summed E-state index contributed by atoms with van der Waals surface area (Å²) in [5.41, 5.74) is 2.70. The Labute approximate surface area is 113 Å². The van der Waals surface area contributed by atoms with E-state index >= 15 is 0 Å². The van der Waals surface area contributed by atoms with Crippen molar-refractivity contribution in [1.82, 2.24) is 15.1 Å². The van der Waals surface area contributed by atoms with E-state index in [9.17, 15) is 0 Å². The second-order valence-corrected chi connectivity index (χ2v) is 4.95. The van der Waals surface area contributed by atoms with Gasteiger partial charge in [0, 0.05) is 38.1 Å². The molecule has 0 amide bonds. The molecule has 1 rings (SSSR count). The SMILES string of the molecule is CC/C=C(\C=C(/CC)NC)N1CCCN(C)CC1. The number of hydrogen-bond donors (Lipinski definition) is 1. The van der Waals surface area contributed by atoms with Crippen LogP contribution in [0.2, 0.25) is 0 Å². The summed E-state index contributed by atoms with van der Waals surface area (Å²) < 4.78 is 0. The molecule has 1 heterocycles. The van der Waals surface area contributed by atoms with E-state index in [4.69, 9.17) is 0 Å². The molecule has 0 radical (unpaired) electrons. The molecule has 1 aliphatic rings. The highest BCUT2D eigenvalue weighted by Gasteiger charge is 2.13. The highest BCUT2D eigenvalue weighted by Crippen LogP contribution is 2.14. The molecule has 0 spiro atoms. The first-order valence-corrected chi connectivity index (χ1v) is 7.23. The molecule has 1 saturated heterocycles. The lowest BCUT2D eigenvalue weighted by atomic mass is 10.2. The van der Waals surface area contributed by atoms with Gasteiger partial charge in [0.05, 0.1) is 0 Å². The van der Waals surface area contributed by atoms with Crippen molar-refractivity contribution >= 4 is 0 Å². The Hall–Kier alpha value is -0.960. The lowest BCUT2D eigenvalue weighted by molar-refractivity contribution is 0.329. The standard InChI is InChI=1S/C15H29N3/c1-5-8-15(13-14(6-2)16-3)18-10-7-9-17(4)11-12-18/h8,13,16H,5-7,9-12H2,1-4H3/b14-13+,15-8+. The zero-order valence-electron chi connectivity index (χ0n) is 12.5. The zero-order valence-corrected chi connectivity index (χ0v) is 12.5. The Morgan fingerprint density at radius 1 is 1.17 bits per heavy atom. The molecule has 0 saturated carbocycles. The van der Waals surface area contributed by atoms with E-state index < -0.39 is 0 Å². The fraction of sp³-hybridized carbons (Fsp3) is 0.733. The van der Waals surface area contributed by atoms with E-state index in [0.29, 0.717) is 0 Å². The van der Waals surface area contributed by atoms with Gasteiger partial charge in [-0.1, -0.05) is 19.9 Å². The van der Waals surface area contributed by atoms with E-state index in [-0.39, 0.29) is 0 Å². The second kappa shape index (κ2) is 8.20. The van der Waals surface area contributed by atoms with Crippen LogP contribution in [0, 0.1) is 0 Å². The van der Waals surface area contributed by atoms with Gasteiger partial charge in [-0.05, 0) is 38.9 Å². The molecule has 0 unspecified atom stereocenters. The Bertz CT molecular complexity index is 288. The molecule has 0 aromatic rings. The third-order valence-electron chi connectivity index (χ3n) is 3.52. The van der Waals surface area contributed by atoms with Crippen LogP contribution in [0.3, 0.4) is 0 Å². The lowest BCUT2D eigenvalue weighted by Gasteiger charge is -2.25. The van der Waals surface area contributed by atoms with Crippen LogP contribution in [0.4, 0.5) is 0 Å². The summed E-state index contributed by atoms with van der Waals surface area (Å²) in [7, 11) is 4.22. The average Bonchev–Trinajstić information content (AvgIpc) is 2.59. The van der Waals surface area contributed by atoms with Crippen molar-refractivity contribution in [2.24, 2.45) is 0 Å². The van der Waals surface area contributed by atoms with Crippen molar-refractivity contribution in [3.05, 3.63) is 23.5 Å².